The molecule has 0 aromatic heterocycles. The van der Waals surface area contributed by atoms with Crippen LogP contribution in [0, 0.1) is 18.8 Å². The Balaban J connectivity index is 1.78. The van der Waals surface area contributed by atoms with E-state index in [9.17, 15) is 39.9 Å². The molecule has 3 aliphatic rings. The minimum Gasteiger partial charge on any atom is -0.508 e. The second-order valence-electron chi connectivity index (χ2n) is 10.8. The third-order valence-electron chi connectivity index (χ3n) is 8.49. The number of carbonyl (C=O) groups is 3. The number of fused-ring (bicyclic) bond motifs is 3. The van der Waals surface area contributed by atoms with Crippen molar-refractivity contribution in [3.63, 3.8) is 0 Å². The van der Waals surface area contributed by atoms with E-state index in [0.29, 0.717) is 16.7 Å². The summed E-state index contributed by atoms with van der Waals surface area (Å²) in [6.45, 7) is 3.61. The summed E-state index contributed by atoms with van der Waals surface area (Å²) < 4.78 is 0. The Kier molecular flexibility index (Phi) is 5.98. The van der Waals surface area contributed by atoms with Crippen molar-refractivity contribution in [3.8, 4) is 16.9 Å². The number of hydrogen-bond donors (Lipinski definition) is 6. The molecule has 39 heavy (non-hydrogen) atoms. The molecule has 2 aromatic rings. The van der Waals surface area contributed by atoms with Gasteiger partial charge in [-0.05, 0) is 38.1 Å². The minimum absolute atomic E-state index is 0.0379. The van der Waals surface area contributed by atoms with Gasteiger partial charge in [0.05, 0.1) is 23.6 Å². The van der Waals surface area contributed by atoms with E-state index in [1.165, 1.54) is 19.0 Å². The molecule has 10 heteroatoms. The summed E-state index contributed by atoms with van der Waals surface area (Å²) in [6.07, 6.45) is -1.63. The van der Waals surface area contributed by atoms with Gasteiger partial charge >= 0.3 is 0 Å². The van der Waals surface area contributed by atoms with Crippen molar-refractivity contribution >= 4 is 23.2 Å². The van der Waals surface area contributed by atoms with Crippen molar-refractivity contribution in [2.24, 2.45) is 17.6 Å². The van der Waals surface area contributed by atoms with Gasteiger partial charge in [-0.1, -0.05) is 48.9 Å². The second kappa shape index (κ2) is 8.77. The van der Waals surface area contributed by atoms with Gasteiger partial charge in [0.15, 0.2) is 11.4 Å². The molecule has 1 saturated carbocycles. The van der Waals surface area contributed by atoms with Crippen molar-refractivity contribution in [1.29, 1.82) is 0 Å². The molecule has 0 spiro atoms. The molecular weight excluding hydrogens is 504 g/mol. The van der Waals surface area contributed by atoms with E-state index >= 15 is 0 Å². The Labute approximate surface area is 224 Å². The van der Waals surface area contributed by atoms with Crippen LogP contribution in [-0.4, -0.2) is 79.7 Å². The summed E-state index contributed by atoms with van der Waals surface area (Å²) in [7, 11) is 2.93. The Morgan fingerprint density at radius 1 is 1.03 bits per heavy atom. The SMILES string of the molecule is Cc1ccc(-c2ccc3c(c2O)C(O)=C2C(=O)[C@]4(O)C(O)=C(C(N)=O)C(=O)[C@@H](N(C)C)[C@@H]4[C@@H](O)[C@@H]2[C@H]3C)cc1. The number of hydrogen-bond acceptors (Lipinski definition) is 9. The van der Waals surface area contributed by atoms with Crippen LogP contribution in [0.1, 0.15) is 29.5 Å². The molecule has 204 valence electrons. The number of ketones is 2. The number of aryl methyl sites for hydroxylation is 1. The molecule has 0 saturated heterocycles. The molecule has 2 aromatic carbocycles. The number of Topliss-reactive ketones (excluding diaryl/α,β-unsaturated/α-hetero) is 2. The lowest BCUT2D eigenvalue weighted by atomic mass is 9.54. The van der Waals surface area contributed by atoms with Crippen molar-refractivity contribution in [1.82, 2.24) is 4.90 Å². The Bertz CT molecular complexity index is 1510. The molecule has 0 bridgehead atoms. The molecule has 6 atom stereocenters. The highest BCUT2D eigenvalue weighted by molar-refractivity contribution is 6.24. The Morgan fingerprint density at radius 3 is 2.21 bits per heavy atom. The van der Waals surface area contributed by atoms with E-state index in [2.05, 4.69) is 0 Å². The number of benzene rings is 2. The summed E-state index contributed by atoms with van der Waals surface area (Å²) in [5, 5.41) is 57.1. The number of likely N-dealkylation sites (N-methyl/N-ethyl adjacent to an activating group) is 1. The second-order valence-corrected chi connectivity index (χ2v) is 10.8. The zero-order chi connectivity index (χ0) is 28.7. The first-order valence-electron chi connectivity index (χ1n) is 12.5. The van der Waals surface area contributed by atoms with Gasteiger partial charge in [-0.3, -0.25) is 19.3 Å². The molecule has 7 N–H and O–H groups in total. The number of phenols is 1. The number of rotatable bonds is 3. The Hall–Kier alpha value is -3.99. The maximum absolute atomic E-state index is 14.0. The van der Waals surface area contributed by atoms with E-state index in [1.807, 2.05) is 19.1 Å². The molecule has 0 radical (unpaired) electrons. The van der Waals surface area contributed by atoms with Crippen LogP contribution in [0.2, 0.25) is 0 Å². The lowest BCUT2D eigenvalue weighted by molar-refractivity contribution is -0.169. The van der Waals surface area contributed by atoms with Crippen molar-refractivity contribution in [2.75, 3.05) is 14.1 Å². The van der Waals surface area contributed by atoms with E-state index in [4.69, 9.17) is 5.73 Å². The number of phenolic OH excluding ortho intramolecular Hbond substituents is 1. The van der Waals surface area contributed by atoms with Gasteiger partial charge in [0.1, 0.15) is 22.8 Å². The van der Waals surface area contributed by atoms with Crippen LogP contribution in [0.15, 0.2) is 53.3 Å². The average molecular weight is 535 g/mol. The first-order chi connectivity index (χ1) is 18.2. The van der Waals surface area contributed by atoms with Crippen LogP contribution in [-0.2, 0) is 14.4 Å². The number of aliphatic hydroxyl groups is 4. The lowest BCUT2D eigenvalue weighted by Gasteiger charge is -2.53. The number of primary amides is 1. The van der Waals surface area contributed by atoms with E-state index < -0.39 is 75.6 Å². The van der Waals surface area contributed by atoms with Crippen LogP contribution < -0.4 is 5.73 Å². The van der Waals surface area contributed by atoms with Gasteiger partial charge in [-0.25, -0.2) is 0 Å². The zero-order valence-electron chi connectivity index (χ0n) is 21.8. The predicted molar refractivity (Wildman–Crippen MR) is 141 cm³/mol. The van der Waals surface area contributed by atoms with Crippen LogP contribution in [0.4, 0.5) is 0 Å². The highest BCUT2D eigenvalue weighted by atomic mass is 16.4. The summed E-state index contributed by atoms with van der Waals surface area (Å²) in [5.74, 6) is -9.04. The van der Waals surface area contributed by atoms with Gasteiger partial charge in [0.25, 0.3) is 5.91 Å². The molecular formula is C29H30N2O8. The first-order valence-corrected chi connectivity index (χ1v) is 12.5. The number of nitrogens with zero attached hydrogens (tertiary/aromatic N) is 1. The smallest absolute Gasteiger partial charge is 0.255 e. The van der Waals surface area contributed by atoms with E-state index in [1.54, 1.807) is 31.2 Å². The first kappa shape index (κ1) is 26.6. The molecule has 0 aliphatic heterocycles. The number of nitrogens with two attached hydrogens (primary N) is 1. The molecule has 0 heterocycles. The summed E-state index contributed by atoms with van der Waals surface area (Å²) in [5.41, 5.74) is 3.52. The van der Waals surface area contributed by atoms with Crippen molar-refractivity contribution < 1.29 is 39.9 Å². The van der Waals surface area contributed by atoms with Crippen molar-refractivity contribution in [3.05, 3.63) is 70.0 Å². The molecule has 10 nitrogen and oxygen atoms in total. The maximum atomic E-state index is 14.0. The monoisotopic (exact) mass is 534 g/mol. The standard InChI is InChI=1S/C29H30N2O8/c1-11-5-7-13(8-6-11)15-10-9-14-12(2)16-18(23(33)17(14)22(15)32)26(36)29(39)20(24(16)34)21(31(3)4)25(35)19(27(29)37)28(30)38/h5-10,12,16,20-21,24,32-34,37,39H,1-4H3,(H2,30,38)/t12-,16+,20+,21-,24-,29-/m0/s1. The fourth-order valence-electron chi connectivity index (χ4n) is 6.58. The lowest BCUT2D eigenvalue weighted by Crippen LogP contribution is -2.70. The Morgan fingerprint density at radius 2 is 1.64 bits per heavy atom. The maximum Gasteiger partial charge on any atom is 0.255 e. The molecule has 0 unspecified atom stereocenters. The van der Waals surface area contributed by atoms with Gasteiger partial charge in [0.2, 0.25) is 5.78 Å². The fraction of sp³-hybridized carbons (Fsp3) is 0.345. The normalized spacial score (nSPS) is 30.3. The third kappa shape index (κ3) is 3.42. The van der Waals surface area contributed by atoms with Crippen LogP contribution in [0.3, 0.4) is 0 Å². The van der Waals surface area contributed by atoms with Crippen LogP contribution in [0.25, 0.3) is 16.9 Å². The average Bonchev–Trinajstić information content (AvgIpc) is 2.86. The molecule has 3 aliphatic carbocycles. The summed E-state index contributed by atoms with van der Waals surface area (Å²) >= 11 is 0. The predicted octanol–water partition coefficient (Wildman–Crippen LogP) is 1.47. The van der Waals surface area contributed by atoms with Gasteiger partial charge in [-0.15, -0.1) is 0 Å². The largest absolute Gasteiger partial charge is 0.508 e. The zero-order valence-corrected chi connectivity index (χ0v) is 21.8. The number of carbonyl (C=O) groups excluding carboxylic acids is 3. The van der Waals surface area contributed by atoms with Crippen LogP contribution in [0.5, 0.6) is 5.75 Å². The number of aromatic hydroxyl groups is 1. The summed E-state index contributed by atoms with van der Waals surface area (Å²) in [4.78, 5) is 40.7. The summed E-state index contributed by atoms with van der Waals surface area (Å²) in [6, 6.07) is 9.31. The third-order valence-corrected chi connectivity index (χ3v) is 8.49. The van der Waals surface area contributed by atoms with E-state index in [-0.39, 0.29) is 11.3 Å². The van der Waals surface area contributed by atoms with Gasteiger partial charge in [0, 0.05) is 17.1 Å². The van der Waals surface area contributed by atoms with Crippen LogP contribution >= 0.6 is 0 Å². The van der Waals surface area contributed by atoms with Crippen molar-refractivity contribution in [2.45, 2.75) is 37.5 Å². The van der Waals surface area contributed by atoms with Gasteiger partial charge in [-0.2, -0.15) is 0 Å². The molecule has 1 amide bonds. The van der Waals surface area contributed by atoms with Gasteiger partial charge < -0.3 is 31.3 Å². The highest BCUT2D eigenvalue weighted by Gasteiger charge is 2.68. The quantitative estimate of drug-likeness (QED) is 0.318. The molecule has 1 fully saturated rings. The topological polar surface area (TPSA) is 182 Å². The fourth-order valence-corrected chi connectivity index (χ4v) is 6.58. The van der Waals surface area contributed by atoms with E-state index in [0.717, 1.165) is 5.56 Å². The number of aliphatic hydroxyl groups excluding tert-OH is 3. The highest BCUT2D eigenvalue weighted by Crippen LogP contribution is 2.56. The minimum atomic E-state index is -2.94. The molecule has 5 rings (SSSR count). The number of amides is 1.